The van der Waals surface area contributed by atoms with Crippen LogP contribution < -0.4 is 10.1 Å². The van der Waals surface area contributed by atoms with Crippen LogP contribution in [0.2, 0.25) is 0 Å². The van der Waals surface area contributed by atoms with Crippen molar-refractivity contribution in [3.05, 3.63) is 36.4 Å². The third-order valence-electron chi connectivity index (χ3n) is 5.60. The molecule has 5 heteroatoms. The van der Waals surface area contributed by atoms with E-state index in [9.17, 15) is 14.7 Å². The van der Waals surface area contributed by atoms with Gasteiger partial charge in [-0.25, -0.2) is 0 Å². The van der Waals surface area contributed by atoms with Crippen LogP contribution in [0.5, 0.6) is 5.75 Å². The number of nitrogens with one attached hydrogen (secondary N) is 1. The van der Waals surface area contributed by atoms with Crippen LogP contribution in [-0.4, -0.2) is 24.1 Å². The van der Waals surface area contributed by atoms with Gasteiger partial charge in [0, 0.05) is 5.69 Å². The summed E-state index contributed by atoms with van der Waals surface area (Å²) in [6.07, 6.45) is 5.14. The van der Waals surface area contributed by atoms with Gasteiger partial charge in [0.05, 0.1) is 18.9 Å². The molecular weight excluding hydrogens is 294 g/mol. The number of hydrogen-bond donors (Lipinski definition) is 2. The Morgan fingerprint density at radius 3 is 2.26 bits per heavy atom. The van der Waals surface area contributed by atoms with Crippen LogP contribution in [0.4, 0.5) is 5.69 Å². The number of methoxy groups -OCH3 is 1. The number of carbonyl (C=O) groups is 2. The van der Waals surface area contributed by atoms with Crippen molar-refractivity contribution in [2.45, 2.75) is 6.42 Å². The third kappa shape index (κ3) is 2.22. The van der Waals surface area contributed by atoms with Crippen LogP contribution in [0.25, 0.3) is 0 Å². The van der Waals surface area contributed by atoms with E-state index in [0.29, 0.717) is 23.3 Å². The Morgan fingerprint density at radius 2 is 1.70 bits per heavy atom. The fourth-order valence-electron chi connectivity index (χ4n) is 4.47. The van der Waals surface area contributed by atoms with E-state index >= 15 is 0 Å². The highest BCUT2D eigenvalue weighted by Gasteiger charge is 2.62. The monoisotopic (exact) mass is 313 g/mol. The number of anilines is 1. The van der Waals surface area contributed by atoms with Gasteiger partial charge in [-0.05, 0) is 54.4 Å². The van der Waals surface area contributed by atoms with Gasteiger partial charge in [-0.1, -0.05) is 12.2 Å². The number of rotatable bonds is 4. The summed E-state index contributed by atoms with van der Waals surface area (Å²) in [6, 6.07) is 7.08. The first-order chi connectivity index (χ1) is 11.1. The maximum Gasteiger partial charge on any atom is 0.307 e. The lowest BCUT2D eigenvalue weighted by atomic mass is 9.62. The number of fused-ring (bicyclic) bond motifs is 1. The standard InChI is InChI=1S/C18H19NO4/c1-23-10-4-2-9(3-5-10)19-17(20)15-11-6-7-12(14-8-13(11)14)16(15)18(21)22/h2-7,11-16H,8H2,1H3,(H,19,20)(H,21,22)/t11-,12-,13-,14-,15-,16+/m1/s1. The molecule has 4 aliphatic carbocycles. The zero-order valence-corrected chi connectivity index (χ0v) is 12.8. The van der Waals surface area contributed by atoms with Crippen molar-refractivity contribution in [2.24, 2.45) is 35.5 Å². The molecule has 1 amide bonds. The highest BCUT2D eigenvalue weighted by Crippen LogP contribution is 2.63. The minimum absolute atomic E-state index is 0.00844. The second-order valence-corrected chi connectivity index (χ2v) is 6.71. The molecule has 2 N–H and O–H groups in total. The fourth-order valence-corrected chi connectivity index (χ4v) is 4.47. The zero-order valence-electron chi connectivity index (χ0n) is 12.8. The second kappa shape index (κ2) is 5.11. The molecule has 0 aliphatic heterocycles. The fraction of sp³-hybridized carbons (Fsp3) is 0.444. The molecular formula is C18H19NO4. The first-order valence-corrected chi connectivity index (χ1v) is 7.96. The van der Waals surface area contributed by atoms with E-state index in [1.54, 1.807) is 31.4 Å². The first kappa shape index (κ1) is 14.3. The molecule has 4 aliphatic rings. The zero-order chi connectivity index (χ0) is 16.1. The summed E-state index contributed by atoms with van der Waals surface area (Å²) in [5.41, 5.74) is 0.665. The maximum atomic E-state index is 12.8. The predicted molar refractivity (Wildman–Crippen MR) is 84.0 cm³/mol. The molecule has 0 unspecified atom stereocenters. The van der Waals surface area contributed by atoms with Crippen LogP contribution in [0.3, 0.4) is 0 Å². The topological polar surface area (TPSA) is 75.6 Å². The molecule has 0 heterocycles. The van der Waals surface area contributed by atoms with Crippen molar-refractivity contribution in [1.29, 1.82) is 0 Å². The summed E-state index contributed by atoms with van der Waals surface area (Å²) < 4.78 is 5.10. The smallest absolute Gasteiger partial charge is 0.307 e. The Morgan fingerprint density at radius 1 is 1.09 bits per heavy atom. The second-order valence-electron chi connectivity index (χ2n) is 6.71. The number of allylic oxidation sites excluding steroid dienone is 2. The van der Waals surface area contributed by atoms with Crippen LogP contribution in [0.15, 0.2) is 36.4 Å². The highest BCUT2D eigenvalue weighted by molar-refractivity contribution is 5.96. The van der Waals surface area contributed by atoms with E-state index in [1.807, 2.05) is 6.08 Å². The molecule has 2 bridgehead atoms. The first-order valence-electron chi connectivity index (χ1n) is 7.96. The molecule has 0 aromatic heterocycles. The molecule has 0 spiro atoms. The molecule has 0 saturated heterocycles. The number of hydrogen-bond acceptors (Lipinski definition) is 3. The summed E-state index contributed by atoms with van der Waals surface area (Å²) in [4.78, 5) is 24.5. The van der Waals surface area contributed by atoms with E-state index in [0.717, 1.165) is 6.42 Å². The van der Waals surface area contributed by atoms with Crippen molar-refractivity contribution in [3.8, 4) is 5.75 Å². The van der Waals surface area contributed by atoms with E-state index in [-0.39, 0.29) is 17.7 Å². The van der Waals surface area contributed by atoms with Gasteiger partial charge in [0.1, 0.15) is 5.75 Å². The van der Waals surface area contributed by atoms with Crippen molar-refractivity contribution >= 4 is 17.6 Å². The summed E-state index contributed by atoms with van der Waals surface area (Å²) in [5, 5.41) is 12.5. The number of carbonyl (C=O) groups excluding carboxylic acids is 1. The van der Waals surface area contributed by atoms with E-state index in [1.165, 1.54) is 0 Å². The summed E-state index contributed by atoms with van der Waals surface area (Å²) in [6.45, 7) is 0. The Balaban J connectivity index is 1.56. The van der Waals surface area contributed by atoms with Gasteiger partial charge in [0.25, 0.3) is 0 Å². The van der Waals surface area contributed by atoms with Crippen LogP contribution in [0.1, 0.15) is 6.42 Å². The lowest BCUT2D eigenvalue weighted by molar-refractivity contribution is -0.152. The number of aliphatic carboxylic acids is 1. The molecule has 5 nitrogen and oxygen atoms in total. The van der Waals surface area contributed by atoms with E-state index < -0.39 is 17.8 Å². The van der Waals surface area contributed by atoms with Crippen molar-refractivity contribution in [2.75, 3.05) is 12.4 Å². The molecule has 5 rings (SSSR count). The Bertz CT molecular complexity index is 681. The summed E-state index contributed by atoms with van der Waals surface area (Å²) in [5.74, 6) is -0.383. The molecule has 120 valence electrons. The Labute approximate surface area is 134 Å². The Hall–Kier alpha value is -2.30. The summed E-state index contributed by atoms with van der Waals surface area (Å²) >= 11 is 0. The minimum atomic E-state index is -0.857. The van der Waals surface area contributed by atoms with Crippen molar-refractivity contribution < 1.29 is 19.4 Å². The molecule has 0 radical (unpaired) electrons. The lowest BCUT2D eigenvalue weighted by Crippen LogP contribution is -2.48. The van der Waals surface area contributed by atoms with Gasteiger partial charge in [-0.15, -0.1) is 0 Å². The lowest BCUT2D eigenvalue weighted by Gasteiger charge is -2.41. The largest absolute Gasteiger partial charge is 0.497 e. The molecule has 1 aromatic rings. The van der Waals surface area contributed by atoms with Gasteiger partial charge in [-0.2, -0.15) is 0 Å². The van der Waals surface area contributed by atoms with Gasteiger partial charge >= 0.3 is 5.97 Å². The third-order valence-corrected chi connectivity index (χ3v) is 5.60. The van der Waals surface area contributed by atoms with E-state index in [2.05, 4.69) is 11.4 Å². The van der Waals surface area contributed by atoms with Gasteiger partial charge in [0.15, 0.2) is 0 Å². The Kier molecular flexibility index (Phi) is 3.18. The van der Waals surface area contributed by atoms with Crippen LogP contribution in [0, 0.1) is 35.5 Å². The van der Waals surface area contributed by atoms with Gasteiger partial charge in [0.2, 0.25) is 5.91 Å². The molecule has 2 saturated carbocycles. The molecule has 1 aromatic carbocycles. The summed E-state index contributed by atoms with van der Waals surface area (Å²) in [7, 11) is 1.59. The van der Waals surface area contributed by atoms with Gasteiger partial charge in [-0.3, -0.25) is 9.59 Å². The molecule has 23 heavy (non-hydrogen) atoms. The van der Waals surface area contributed by atoms with Gasteiger partial charge < -0.3 is 15.2 Å². The number of benzene rings is 1. The minimum Gasteiger partial charge on any atom is -0.497 e. The number of ether oxygens (including phenoxy) is 1. The molecule has 6 atom stereocenters. The highest BCUT2D eigenvalue weighted by atomic mass is 16.5. The van der Waals surface area contributed by atoms with Crippen LogP contribution in [-0.2, 0) is 9.59 Å². The van der Waals surface area contributed by atoms with Crippen molar-refractivity contribution in [1.82, 2.24) is 0 Å². The molecule has 2 fully saturated rings. The SMILES string of the molecule is COc1ccc(NC(=O)[C@@H]2[C@@H]3C=C[C@H]([C@H]4C[C@H]34)[C@@H]2C(=O)O)cc1. The average Bonchev–Trinajstić information content (AvgIpc) is 3.37. The quantitative estimate of drug-likeness (QED) is 0.837. The maximum absolute atomic E-state index is 12.8. The van der Waals surface area contributed by atoms with E-state index in [4.69, 9.17) is 4.74 Å². The van der Waals surface area contributed by atoms with Crippen molar-refractivity contribution in [3.63, 3.8) is 0 Å². The van der Waals surface area contributed by atoms with Crippen LogP contribution >= 0.6 is 0 Å². The average molecular weight is 313 g/mol. The predicted octanol–water partition coefficient (Wildman–Crippen LogP) is 2.40. The number of carboxylic acid groups (broad SMARTS) is 1. The normalized spacial score (nSPS) is 36.2. The number of carboxylic acids is 1. The number of amides is 1.